The molecule has 0 aliphatic rings. The monoisotopic (exact) mass is 241 g/mol. The summed E-state index contributed by atoms with van der Waals surface area (Å²) in [4.78, 5) is 21.8. The molecule has 0 unspecified atom stereocenters. The van der Waals surface area contributed by atoms with Crippen LogP contribution in [0.2, 0.25) is 0 Å². The van der Waals surface area contributed by atoms with Crippen molar-refractivity contribution >= 4 is 12.0 Å². The topological polar surface area (TPSA) is 104 Å². The zero-order chi connectivity index (χ0) is 13.0. The van der Waals surface area contributed by atoms with Crippen LogP contribution >= 0.6 is 0 Å². The summed E-state index contributed by atoms with van der Waals surface area (Å²) < 4.78 is 4.93. The van der Waals surface area contributed by atoms with Crippen molar-refractivity contribution in [2.45, 2.75) is 33.4 Å². The highest BCUT2D eigenvalue weighted by molar-refractivity contribution is 5.82. The largest absolute Gasteiger partial charge is 0.480 e. The van der Waals surface area contributed by atoms with Crippen LogP contribution in [0.15, 0.2) is 4.52 Å². The molecule has 0 spiro atoms. The Kier molecular flexibility index (Phi) is 4.08. The summed E-state index contributed by atoms with van der Waals surface area (Å²) in [5.74, 6) is -0.452. The van der Waals surface area contributed by atoms with Gasteiger partial charge in [-0.3, -0.25) is 4.79 Å². The highest BCUT2D eigenvalue weighted by atomic mass is 16.5. The third-order valence-corrected chi connectivity index (χ3v) is 2.32. The number of aryl methyl sites for hydroxylation is 2. The number of amides is 2. The van der Waals surface area contributed by atoms with Crippen LogP contribution in [0.1, 0.15) is 23.9 Å². The average molecular weight is 241 g/mol. The molecule has 1 heterocycles. The van der Waals surface area contributed by atoms with E-state index < -0.39 is 18.0 Å². The number of hydrogen-bond donors (Lipinski definition) is 3. The predicted octanol–water partition coefficient (Wildman–Crippen LogP) is 0.564. The molecule has 0 bridgehead atoms. The lowest BCUT2D eigenvalue weighted by Gasteiger charge is -2.10. The molecule has 0 saturated heterocycles. The predicted molar refractivity (Wildman–Crippen MR) is 58.4 cm³/mol. The molecule has 0 fully saturated rings. The van der Waals surface area contributed by atoms with E-state index in [1.807, 2.05) is 0 Å². The zero-order valence-electron chi connectivity index (χ0n) is 9.90. The molecule has 0 radical (unpaired) electrons. The minimum atomic E-state index is -1.09. The second-order valence-corrected chi connectivity index (χ2v) is 3.69. The van der Waals surface area contributed by atoms with Crippen LogP contribution in [0.4, 0.5) is 4.79 Å². The average Bonchev–Trinajstić information content (AvgIpc) is 2.56. The standard InChI is InChI=1S/C10H15N3O4/c1-5-8(7(3)17-13-5)4-11-10(16)12-6(2)9(14)15/h6H,4H2,1-3H3,(H,14,15)(H2,11,12,16)/t6-/m0/s1. The zero-order valence-corrected chi connectivity index (χ0v) is 9.90. The quantitative estimate of drug-likeness (QED) is 0.714. The molecular weight excluding hydrogens is 226 g/mol. The van der Waals surface area contributed by atoms with E-state index in [4.69, 9.17) is 9.63 Å². The smallest absolute Gasteiger partial charge is 0.325 e. The first-order valence-electron chi connectivity index (χ1n) is 5.10. The second-order valence-electron chi connectivity index (χ2n) is 3.69. The van der Waals surface area contributed by atoms with Gasteiger partial charge in [0.1, 0.15) is 11.8 Å². The van der Waals surface area contributed by atoms with Gasteiger partial charge in [0.25, 0.3) is 0 Å². The summed E-state index contributed by atoms with van der Waals surface area (Å²) in [5, 5.41) is 17.2. The van der Waals surface area contributed by atoms with Gasteiger partial charge in [-0.2, -0.15) is 0 Å². The fourth-order valence-electron chi connectivity index (χ4n) is 1.23. The fraction of sp³-hybridized carbons (Fsp3) is 0.500. The number of hydrogen-bond acceptors (Lipinski definition) is 4. The van der Waals surface area contributed by atoms with Crippen molar-refractivity contribution in [1.29, 1.82) is 0 Å². The van der Waals surface area contributed by atoms with E-state index in [2.05, 4.69) is 15.8 Å². The van der Waals surface area contributed by atoms with Gasteiger partial charge in [0.05, 0.1) is 5.69 Å². The minimum absolute atomic E-state index is 0.249. The third-order valence-electron chi connectivity index (χ3n) is 2.32. The maximum absolute atomic E-state index is 11.3. The number of carbonyl (C=O) groups is 2. The van der Waals surface area contributed by atoms with E-state index in [-0.39, 0.29) is 6.54 Å². The SMILES string of the molecule is Cc1noc(C)c1CNC(=O)N[C@@H](C)C(=O)O. The summed E-state index contributed by atoms with van der Waals surface area (Å²) in [6.45, 7) is 5.15. The van der Waals surface area contributed by atoms with Crippen LogP contribution in [0.3, 0.4) is 0 Å². The van der Waals surface area contributed by atoms with Gasteiger partial charge in [-0.15, -0.1) is 0 Å². The molecule has 0 aliphatic heterocycles. The molecule has 17 heavy (non-hydrogen) atoms. The molecule has 0 aliphatic carbocycles. The van der Waals surface area contributed by atoms with Crippen LogP contribution in [0.25, 0.3) is 0 Å². The molecule has 2 amide bonds. The number of rotatable bonds is 4. The van der Waals surface area contributed by atoms with Gasteiger partial charge in [-0.1, -0.05) is 5.16 Å². The Labute approximate surface area is 98.2 Å². The van der Waals surface area contributed by atoms with Crippen molar-refractivity contribution in [2.24, 2.45) is 0 Å². The van der Waals surface area contributed by atoms with Crippen LogP contribution in [0.5, 0.6) is 0 Å². The van der Waals surface area contributed by atoms with Crippen LogP contribution in [-0.4, -0.2) is 28.3 Å². The highest BCUT2D eigenvalue weighted by Gasteiger charge is 2.15. The number of carboxylic acids is 1. The Balaban J connectivity index is 2.46. The summed E-state index contributed by atoms with van der Waals surface area (Å²) in [7, 11) is 0. The maximum Gasteiger partial charge on any atom is 0.325 e. The van der Waals surface area contributed by atoms with Crippen LogP contribution in [-0.2, 0) is 11.3 Å². The number of urea groups is 1. The Morgan fingerprint density at radius 1 is 1.47 bits per heavy atom. The number of carbonyl (C=O) groups excluding carboxylic acids is 1. The molecule has 0 saturated carbocycles. The number of nitrogens with zero attached hydrogens (tertiary/aromatic N) is 1. The first-order chi connectivity index (χ1) is 7.91. The Hall–Kier alpha value is -2.05. The Morgan fingerprint density at radius 2 is 2.12 bits per heavy atom. The second kappa shape index (κ2) is 5.33. The van der Waals surface area contributed by atoms with Crippen molar-refractivity contribution in [1.82, 2.24) is 15.8 Å². The van der Waals surface area contributed by atoms with Crippen molar-refractivity contribution in [3.8, 4) is 0 Å². The molecule has 1 aromatic rings. The van der Waals surface area contributed by atoms with Crippen molar-refractivity contribution < 1.29 is 19.2 Å². The Morgan fingerprint density at radius 3 is 2.59 bits per heavy atom. The minimum Gasteiger partial charge on any atom is -0.480 e. The highest BCUT2D eigenvalue weighted by Crippen LogP contribution is 2.11. The lowest BCUT2D eigenvalue weighted by molar-refractivity contribution is -0.138. The van der Waals surface area contributed by atoms with E-state index in [1.54, 1.807) is 13.8 Å². The van der Waals surface area contributed by atoms with Crippen LogP contribution in [0, 0.1) is 13.8 Å². The summed E-state index contributed by atoms with van der Waals surface area (Å²) in [6.07, 6.45) is 0. The van der Waals surface area contributed by atoms with Gasteiger partial charge in [0.2, 0.25) is 0 Å². The normalized spacial score (nSPS) is 11.9. The molecule has 1 aromatic heterocycles. The van der Waals surface area contributed by atoms with E-state index in [0.717, 1.165) is 5.56 Å². The lowest BCUT2D eigenvalue weighted by Crippen LogP contribution is -2.44. The van der Waals surface area contributed by atoms with Crippen LogP contribution < -0.4 is 10.6 Å². The molecule has 1 atom stereocenters. The first-order valence-corrected chi connectivity index (χ1v) is 5.10. The lowest BCUT2D eigenvalue weighted by atomic mass is 10.2. The number of aromatic nitrogens is 1. The van der Waals surface area contributed by atoms with Gasteiger partial charge >= 0.3 is 12.0 Å². The van der Waals surface area contributed by atoms with Gasteiger partial charge in [-0.05, 0) is 20.8 Å². The summed E-state index contributed by atoms with van der Waals surface area (Å²) in [6, 6.07) is -1.47. The number of aliphatic carboxylic acids is 1. The maximum atomic E-state index is 11.3. The van der Waals surface area contributed by atoms with Gasteiger partial charge < -0.3 is 20.3 Å². The summed E-state index contributed by atoms with van der Waals surface area (Å²) in [5.41, 5.74) is 1.50. The first kappa shape index (κ1) is 13.0. The fourth-order valence-corrected chi connectivity index (χ4v) is 1.23. The molecular formula is C10H15N3O4. The van der Waals surface area contributed by atoms with Gasteiger partial charge in [-0.25, -0.2) is 4.79 Å². The van der Waals surface area contributed by atoms with E-state index in [0.29, 0.717) is 11.5 Å². The molecule has 0 aromatic carbocycles. The van der Waals surface area contributed by atoms with Gasteiger partial charge in [0, 0.05) is 12.1 Å². The van der Waals surface area contributed by atoms with E-state index in [9.17, 15) is 9.59 Å². The molecule has 3 N–H and O–H groups in total. The molecule has 7 nitrogen and oxygen atoms in total. The molecule has 94 valence electrons. The van der Waals surface area contributed by atoms with Crippen molar-refractivity contribution in [3.63, 3.8) is 0 Å². The molecule has 7 heteroatoms. The van der Waals surface area contributed by atoms with Crippen molar-refractivity contribution in [2.75, 3.05) is 0 Å². The number of carboxylic acid groups (broad SMARTS) is 1. The van der Waals surface area contributed by atoms with E-state index >= 15 is 0 Å². The molecule has 1 rings (SSSR count). The third kappa shape index (κ3) is 3.47. The van der Waals surface area contributed by atoms with Crippen molar-refractivity contribution in [3.05, 3.63) is 17.0 Å². The van der Waals surface area contributed by atoms with Gasteiger partial charge in [0.15, 0.2) is 0 Å². The van der Waals surface area contributed by atoms with E-state index in [1.165, 1.54) is 6.92 Å². The number of nitrogens with one attached hydrogen (secondary N) is 2. The summed E-state index contributed by atoms with van der Waals surface area (Å²) >= 11 is 0. The Bertz CT molecular complexity index is 408.